The molecule has 18 heavy (non-hydrogen) atoms. The minimum absolute atomic E-state index is 0.165. The first-order valence-corrected chi connectivity index (χ1v) is 6.69. The van der Waals surface area contributed by atoms with Crippen LogP contribution in [-0.2, 0) is 11.2 Å². The van der Waals surface area contributed by atoms with E-state index in [9.17, 15) is 4.79 Å². The summed E-state index contributed by atoms with van der Waals surface area (Å²) in [5.41, 5.74) is 6.93. The molecule has 1 aromatic rings. The highest BCUT2D eigenvalue weighted by atomic mass is 16.2. The minimum Gasteiger partial charge on any atom is -0.341 e. The van der Waals surface area contributed by atoms with E-state index in [0.717, 1.165) is 44.5 Å². The molecular formula is C14H21N3O. The Kier molecular flexibility index (Phi) is 4.70. The molecule has 2 heterocycles. The Morgan fingerprint density at radius 1 is 1.50 bits per heavy atom. The van der Waals surface area contributed by atoms with Crippen LogP contribution in [0, 0.1) is 0 Å². The largest absolute Gasteiger partial charge is 0.341 e. The number of nitrogens with two attached hydrogens (primary N) is 1. The molecular weight excluding hydrogens is 226 g/mol. The van der Waals surface area contributed by atoms with Gasteiger partial charge in [-0.1, -0.05) is 6.07 Å². The molecule has 1 saturated heterocycles. The highest BCUT2D eigenvalue weighted by molar-refractivity contribution is 5.76. The quantitative estimate of drug-likeness (QED) is 0.873. The Hall–Kier alpha value is -1.42. The number of carbonyl (C=O) groups excluding carboxylic acids is 1. The Balaban J connectivity index is 1.71. The Bertz CT molecular complexity index is 380. The number of carbonyl (C=O) groups is 1. The maximum atomic E-state index is 12.0. The average Bonchev–Trinajstić information content (AvgIpc) is 2.40. The average molecular weight is 247 g/mol. The lowest BCUT2D eigenvalue weighted by Gasteiger charge is -2.30. The minimum atomic E-state index is 0.165. The van der Waals surface area contributed by atoms with Gasteiger partial charge >= 0.3 is 0 Å². The molecule has 98 valence electrons. The number of hydrogen-bond acceptors (Lipinski definition) is 3. The van der Waals surface area contributed by atoms with Gasteiger partial charge in [0.25, 0.3) is 0 Å². The summed E-state index contributed by atoms with van der Waals surface area (Å²) in [6.45, 7) is 1.60. The summed E-state index contributed by atoms with van der Waals surface area (Å²) < 4.78 is 0. The van der Waals surface area contributed by atoms with Crippen molar-refractivity contribution >= 4 is 5.91 Å². The van der Waals surface area contributed by atoms with E-state index in [0.29, 0.717) is 6.42 Å². The van der Waals surface area contributed by atoms with Crippen LogP contribution in [0.4, 0.5) is 0 Å². The molecule has 0 radical (unpaired) electrons. The van der Waals surface area contributed by atoms with Crippen LogP contribution in [0.5, 0.6) is 0 Å². The van der Waals surface area contributed by atoms with E-state index in [1.807, 2.05) is 23.1 Å². The summed E-state index contributed by atoms with van der Waals surface area (Å²) in [4.78, 5) is 18.1. The van der Waals surface area contributed by atoms with Crippen LogP contribution in [0.3, 0.4) is 0 Å². The van der Waals surface area contributed by atoms with Gasteiger partial charge in [0.05, 0.1) is 0 Å². The van der Waals surface area contributed by atoms with Gasteiger partial charge < -0.3 is 10.6 Å². The van der Waals surface area contributed by atoms with Gasteiger partial charge in [0.15, 0.2) is 0 Å². The lowest BCUT2D eigenvalue weighted by molar-refractivity contribution is -0.132. The van der Waals surface area contributed by atoms with Crippen molar-refractivity contribution in [3.05, 3.63) is 30.1 Å². The highest BCUT2D eigenvalue weighted by Gasteiger charge is 2.20. The molecule has 0 saturated carbocycles. The van der Waals surface area contributed by atoms with Crippen LogP contribution in [0.25, 0.3) is 0 Å². The molecule has 0 aromatic carbocycles. The molecule has 1 aliphatic rings. The molecule has 0 bridgehead atoms. The molecule has 1 amide bonds. The van der Waals surface area contributed by atoms with E-state index in [2.05, 4.69) is 4.98 Å². The zero-order valence-corrected chi connectivity index (χ0v) is 10.7. The van der Waals surface area contributed by atoms with E-state index in [1.165, 1.54) is 0 Å². The molecule has 1 aromatic heterocycles. The molecule has 4 nitrogen and oxygen atoms in total. The first-order chi connectivity index (χ1) is 8.75. The molecule has 1 aliphatic heterocycles. The topological polar surface area (TPSA) is 59.2 Å². The second kappa shape index (κ2) is 6.50. The zero-order valence-electron chi connectivity index (χ0n) is 10.7. The van der Waals surface area contributed by atoms with Gasteiger partial charge in [-0.05, 0) is 37.8 Å². The monoisotopic (exact) mass is 247 g/mol. The van der Waals surface area contributed by atoms with Gasteiger partial charge in [-0.2, -0.15) is 0 Å². The number of hydrogen-bond donors (Lipinski definition) is 1. The molecule has 0 spiro atoms. The number of pyridine rings is 1. The first kappa shape index (κ1) is 13.0. The number of aryl methyl sites for hydroxylation is 1. The first-order valence-electron chi connectivity index (χ1n) is 6.69. The Labute approximate surface area is 108 Å². The molecule has 1 atom stereocenters. The number of likely N-dealkylation sites (tertiary alicyclic amines) is 1. The van der Waals surface area contributed by atoms with E-state index < -0.39 is 0 Å². The van der Waals surface area contributed by atoms with Crippen molar-refractivity contribution in [3.8, 4) is 0 Å². The Morgan fingerprint density at radius 2 is 2.39 bits per heavy atom. The van der Waals surface area contributed by atoms with Crippen molar-refractivity contribution in [2.75, 3.05) is 13.1 Å². The predicted octanol–water partition coefficient (Wildman–Crippen LogP) is 1.35. The van der Waals surface area contributed by atoms with Gasteiger partial charge in [-0.25, -0.2) is 0 Å². The van der Waals surface area contributed by atoms with Crippen molar-refractivity contribution in [1.82, 2.24) is 9.88 Å². The fourth-order valence-corrected chi connectivity index (χ4v) is 2.36. The third kappa shape index (κ3) is 3.81. The second-order valence-corrected chi connectivity index (χ2v) is 4.92. The second-order valence-electron chi connectivity index (χ2n) is 4.92. The van der Waals surface area contributed by atoms with E-state index in [1.54, 1.807) is 6.20 Å². The number of rotatable bonds is 4. The van der Waals surface area contributed by atoms with E-state index >= 15 is 0 Å². The van der Waals surface area contributed by atoms with Crippen LogP contribution < -0.4 is 5.73 Å². The zero-order chi connectivity index (χ0) is 12.8. The summed E-state index contributed by atoms with van der Waals surface area (Å²) in [6, 6.07) is 6.05. The van der Waals surface area contributed by atoms with Crippen LogP contribution in [0.2, 0.25) is 0 Å². The number of piperidine rings is 1. The molecule has 0 unspecified atom stereocenters. The summed E-state index contributed by atoms with van der Waals surface area (Å²) in [5.74, 6) is 0.237. The van der Waals surface area contributed by atoms with Crippen molar-refractivity contribution in [2.45, 2.75) is 38.1 Å². The van der Waals surface area contributed by atoms with E-state index in [4.69, 9.17) is 5.73 Å². The van der Waals surface area contributed by atoms with Crippen LogP contribution in [0.15, 0.2) is 24.4 Å². The fraction of sp³-hybridized carbons (Fsp3) is 0.571. The van der Waals surface area contributed by atoms with Crippen molar-refractivity contribution < 1.29 is 4.79 Å². The van der Waals surface area contributed by atoms with E-state index in [-0.39, 0.29) is 11.9 Å². The molecule has 1 fully saturated rings. The summed E-state index contributed by atoms with van der Waals surface area (Å²) >= 11 is 0. The predicted molar refractivity (Wildman–Crippen MR) is 71.0 cm³/mol. The van der Waals surface area contributed by atoms with Gasteiger partial charge in [-0.3, -0.25) is 9.78 Å². The molecule has 0 aliphatic carbocycles. The van der Waals surface area contributed by atoms with Crippen molar-refractivity contribution in [3.63, 3.8) is 0 Å². The summed E-state index contributed by atoms with van der Waals surface area (Å²) in [7, 11) is 0. The van der Waals surface area contributed by atoms with Crippen LogP contribution >= 0.6 is 0 Å². The normalized spacial score (nSPS) is 19.8. The lowest BCUT2D eigenvalue weighted by Crippen LogP contribution is -2.45. The maximum Gasteiger partial charge on any atom is 0.222 e. The SMILES string of the molecule is N[C@H]1CCCN(C(=O)CCCc2ccccn2)C1. The smallest absolute Gasteiger partial charge is 0.222 e. The standard InChI is InChI=1S/C14H21N3O/c15-12-5-4-10-17(11-12)14(18)8-3-7-13-6-1-2-9-16-13/h1-2,6,9,12H,3-5,7-8,10-11,15H2/t12-/m0/s1. The van der Waals surface area contributed by atoms with Crippen molar-refractivity contribution in [2.24, 2.45) is 5.73 Å². The molecule has 2 rings (SSSR count). The highest BCUT2D eigenvalue weighted by Crippen LogP contribution is 2.11. The van der Waals surface area contributed by atoms with Crippen LogP contribution in [0.1, 0.15) is 31.4 Å². The third-order valence-corrected chi connectivity index (χ3v) is 3.36. The summed E-state index contributed by atoms with van der Waals surface area (Å²) in [5, 5.41) is 0. The van der Waals surface area contributed by atoms with Gasteiger partial charge in [0.1, 0.15) is 0 Å². The molecule has 2 N–H and O–H groups in total. The lowest BCUT2D eigenvalue weighted by atomic mass is 10.1. The fourth-order valence-electron chi connectivity index (χ4n) is 2.36. The number of amides is 1. The Morgan fingerprint density at radius 3 is 3.11 bits per heavy atom. The third-order valence-electron chi connectivity index (χ3n) is 3.36. The van der Waals surface area contributed by atoms with Crippen molar-refractivity contribution in [1.29, 1.82) is 0 Å². The van der Waals surface area contributed by atoms with Gasteiger partial charge in [0, 0.05) is 37.4 Å². The maximum absolute atomic E-state index is 12.0. The number of aromatic nitrogens is 1. The van der Waals surface area contributed by atoms with Crippen LogP contribution in [-0.4, -0.2) is 34.9 Å². The van der Waals surface area contributed by atoms with Gasteiger partial charge in [-0.15, -0.1) is 0 Å². The molecule has 4 heteroatoms. The summed E-state index contributed by atoms with van der Waals surface area (Å²) in [6.07, 6.45) is 6.20. The number of nitrogens with zero attached hydrogens (tertiary/aromatic N) is 2. The van der Waals surface area contributed by atoms with Gasteiger partial charge in [0.2, 0.25) is 5.91 Å².